The van der Waals surface area contributed by atoms with Crippen LogP contribution in [0.5, 0.6) is 0 Å². The van der Waals surface area contributed by atoms with Gasteiger partial charge in [0.25, 0.3) is 0 Å². The number of rotatable bonds is 0. The highest BCUT2D eigenvalue weighted by Gasteiger charge is 2.25. The molecule has 0 saturated carbocycles. The fourth-order valence-corrected chi connectivity index (χ4v) is 1.32. The lowest BCUT2D eigenvalue weighted by atomic mass is 9.85. The Morgan fingerprint density at radius 2 is 2.23 bits per heavy atom. The van der Waals surface area contributed by atoms with Gasteiger partial charge in [0.15, 0.2) is 18.3 Å². The summed E-state index contributed by atoms with van der Waals surface area (Å²) in [6.45, 7) is 6.52. The lowest BCUT2D eigenvalue weighted by Crippen LogP contribution is -2.28. The highest BCUT2D eigenvalue weighted by atomic mass is 16.5. The summed E-state index contributed by atoms with van der Waals surface area (Å²) >= 11 is 0. The van der Waals surface area contributed by atoms with Gasteiger partial charge in [0.05, 0.1) is 0 Å². The number of nitrogens with zero attached hydrogens (tertiary/aromatic N) is 1. The third-order valence-electron chi connectivity index (χ3n) is 2.23. The minimum atomic E-state index is 0.00565. The van der Waals surface area contributed by atoms with Gasteiger partial charge in [-0.1, -0.05) is 20.8 Å². The zero-order chi connectivity index (χ0) is 9.47. The van der Waals surface area contributed by atoms with Crippen molar-refractivity contribution in [3.63, 3.8) is 0 Å². The van der Waals surface area contributed by atoms with Gasteiger partial charge in [0.1, 0.15) is 0 Å². The van der Waals surface area contributed by atoms with Crippen LogP contribution in [0.4, 0.5) is 0 Å². The summed E-state index contributed by atoms with van der Waals surface area (Å²) in [5, 5.41) is 3.18. The number of dihydropyridines is 1. The molecule has 13 heavy (non-hydrogen) atoms. The van der Waals surface area contributed by atoms with Crippen molar-refractivity contribution in [2.75, 3.05) is 0 Å². The molecule has 0 saturated heterocycles. The van der Waals surface area contributed by atoms with E-state index < -0.39 is 0 Å². The first-order chi connectivity index (χ1) is 6.07. The lowest BCUT2D eigenvalue weighted by molar-refractivity contribution is 0.403. The molecule has 2 aliphatic heterocycles. The van der Waals surface area contributed by atoms with Gasteiger partial charge in [-0.05, 0) is 17.1 Å². The summed E-state index contributed by atoms with van der Waals surface area (Å²) in [6.07, 6.45) is 5.57. The van der Waals surface area contributed by atoms with E-state index in [-0.39, 0.29) is 11.6 Å². The van der Waals surface area contributed by atoms with Crippen LogP contribution >= 0.6 is 0 Å². The van der Waals surface area contributed by atoms with Crippen LogP contribution in [0.2, 0.25) is 0 Å². The van der Waals surface area contributed by atoms with Crippen LogP contribution < -0.4 is 5.32 Å². The molecule has 3 nitrogen and oxygen atoms in total. The van der Waals surface area contributed by atoms with Crippen LogP contribution in [0.15, 0.2) is 28.6 Å². The Hall–Kier alpha value is -1.25. The van der Waals surface area contributed by atoms with Crippen LogP contribution in [0, 0.1) is 5.41 Å². The molecule has 70 valence electrons. The van der Waals surface area contributed by atoms with E-state index in [2.05, 4.69) is 37.2 Å². The normalized spacial score (nSPS) is 25.6. The summed E-state index contributed by atoms with van der Waals surface area (Å²) in [4.78, 5) is 4.10. The molecule has 0 spiro atoms. The molecule has 0 radical (unpaired) electrons. The molecule has 2 heterocycles. The molecule has 1 N–H and O–H groups in total. The zero-order valence-electron chi connectivity index (χ0n) is 8.16. The molecule has 0 fully saturated rings. The highest BCUT2D eigenvalue weighted by Crippen LogP contribution is 2.30. The first-order valence-electron chi connectivity index (χ1n) is 4.44. The topological polar surface area (TPSA) is 33.6 Å². The van der Waals surface area contributed by atoms with Crippen LogP contribution in [0.25, 0.3) is 0 Å². The fourth-order valence-electron chi connectivity index (χ4n) is 1.32. The van der Waals surface area contributed by atoms with Crippen molar-refractivity contribution in [3.8, 4) is 0 Å². The predicted molar refractivity (Wildman–Crippen MR) is 52.1 cm³/mol. The number of ether oxygens (including phenoxy) is 1. The van der Waals surface area contributed by atoms with Crippen molar-refractivity contribution < 1.29 is 4.74 Å². The van der Waals surface area contributed by atoms with E-state index in [9.17, 15) is 0 Å². The van der Waals surface area contributed by atoms with Crippen LogP contribution in [0.3, 0.4) is 0 Å². The number of allylic oxidation sites excluding steroid dienone is 2. The quantitative estimate of drug-likeness (QED) is 0.613. The van der Waals surface area contributed by atoms with Gasteiger partial charge in [0.2, 0.25) is 0 Å². The average Bonchev–Trinajstić information content (AvgIpc) is 2.47. The van der Waals surface area contributed by atoms with Crippen molar-refractivity contribution in [1.82, 2.24) is 5.32 Å². The lowest BCUT2D eigenvalue weighted by Gasteiger charge is -2.25. The van der Waals surface area contributed by atoms with Gasteiger partial charge in [-0.2, -0.15) is 0 Å². The van der Waals surface area contributed by atoms with Crippen molar-refractivity contribution >= 4 is 6.40 Å². The Balaban J connectivity index is 2.24. The molecular weight excluding hydrogens is 164 g/mol. The Labute approximate surface area is 78.2 Å². The second-order valence-corrected chi connectivity index (χ2v) is 4.34. The van der Waals surface area contributed by atoms with E-state index in [1.165, 1.54) is 12.0 Å². The molecule has 1 unspecified atom stereocenters. The summed E-state index contributed by atoms with van der Waals surface area (Å²) in [5.41, 5.74) is 1.39. The second-order valence-electron chi connectivity index (χ2n) is 4.34. The predicted octanol–water partition coefficient (Wildman–Crippen LogP) is 1.79. The van der Waals surface area contributed by atoms with Gasteiger partial charge in [-0.15, -0.1) is 0 Å². The molecule has 0 aromatic carbocycles. The van der Waals surface area contributed by atoms with Crippen LogP contribution in [0.1, 0.15) is 20.8 Å². The number of hydrogen-bond donors (Lipinski definition) is 1. The maximum atomic E-state index is 5.25. The minimum absolute atomic E-state index is 0.00565. The molecule has 1 atom stereocenters. The Bertz CT molecular complexity index is 307. The first kappa shape index (κ1) is 8.35. The van der Waals surface area contributed by atoms with Crippen LogP contribution in [-0.2, 0) is 4.74 Å². The number of aliphatic imine (C=N–C) groups is 1. The largest absolute Gasteiger partial charge is 0.446 e. The first-order valence-corrected chi connectivity index (χ1v) is 4.44. The van der Waals surface area contributed by atoms with E-state index >= 15 is 0 Å². The van der Waals surface area contributed by atoms with Crippen molar-refractivity contribution in [3.05, 3.63) is 23.6 Å². The maximum absolute atomic E-state index is 5.25. The van der Waals surface area contributed by atoms with Gasteiger partial charge in [-0.3, -0.25) is 0 Å². The van der Waals surface area contributed by atoms with E-state index in [1.807, 2.05) is 6.20 Å². The maximum Gasteiger partial charge on any atom is 0.180 e. The monoisotopic (exact) mass is 178 g/mol. The van der Waals surface area contributed by atoms with Crippen molar-refractivity contribution in [1.29, 1.82) is 0 Å². The molecule has 3 heteroatoms. The minimum Gasteiger partial charge on any atom is -0.446 e. The molecule has 0 aromatic heterocycles. The Kier molecular flexibility index (Phi) is 1.68. The summed E-state index contributed by atoms with van der Waals surface area (Å²) < 4.78 is 5.25. The highest BCUT2D eigenvalue weighted by molar-refractivity contribution is 5.55. The van der Waals surface area contributed by atoms with E-state index in [0.29, 0.717) is 0 Å². The number of fused-ring (bicyclic) bond motifs is 1. The zero-order valence-corrected chi connectivity index (χ0v) is 8.16. The number of nitrogens with one attached hydrogen (secondary N) is 1. The van der Waals surface area contributed by atoms with E-state index in [1.54, 1.807) is 0 Å². The molecule has 0 aromatic rings. The van der Waals surface area contributed by atoms with Gasteiger partial charge in [0, 0.05) is 6.20 Å². The van der Waals surface area contributed by atoms with Gasteiger partial charge < -0.3 is 10.1 Å². The van der Waals surface area contributed by atoms with E-state index in [0.717, 1.165) is 5.76 Å². The van der Waals surface area contributed by atoms with E-state index in [4.69, 9.17) is 4.74 Å². The number of hydrogen-bond acceptors (Lipinski definition) is 3. The average molecular weight is 178 g/mol. The Morgan fingerprint density at radius 1 is 1.46 bits per heavy atom. The van der Waals surface area contributed by atoms with Crippen molar-refractivity contribution in [2.45, 2.75) is 26.9 Å². The Morgan fingerprint density at radius 3 is 2.92 bits per heavy atom. The smallest absolute Gasteiger partial charge is 0.180 e. The molecule has 2 aliphatic rings. The molecule has 0 aliphatic carbocycles. The second kappa shape index (κ2) is 2.62. The summed E-state index contributed by atoms with van der Waals surface area (Å²) in [7, 11) is 0. The van der Waals surface area contributed by atoms with Crippen molar-refractivity contribution in [2.24, 2.45) is 10.4 Å². The van der Waals surface area contributed by atoms with Gasteiger partial charge in [-0.25, -0.2) is 4.99 Å². The SMILES string of the molecule is CC(C)(C)C1=CNC2N=COC2=C1. The summed E-state index contributed by atoms with van der Waals surface area (Å²) in [5.74, 6) is 0.896. The molecule has 0 amide bonds. The third-order valence-corrected chi connectivity index (χ3v) is 2.23. The van der Waals surface area contributed by atoms with Gasteiger partial charge >= 0.3 is 0 Å². The molecule has 0 bridgehead atoms. The summed E-state index contributed by atoms with van der Waals surface area (Å²) in [6, 6.07) is 0. The third kappa shape index (κ3) is 1.46. The standard InChI is InChI=1S/C10H14N2O/c1-10(2,3)7-4-8-9(11-5-7)12-6-13-8/h4-6,9,11H,1-3H3. The fraction of sp³-hybridized carbons (Fsp3) is 0.500. The molecule has 2 rings (SSSR count). The van der Waals surface area contributed by atoms with Crippen LogP contribution in [-0.4, -0.2) is 12.6 Å². The molecular formula is C10H14N2O.